The predicted molar refractivity (Wildman–Crippen MR) is 154 cm³/mol. The third-order valence-corrected chi connectivity index (χ3v) is 6.71. The maximum Gasteiger partial charge on any atom is 0.300 e. The number of hydrogen-bond acceptors (Lipinski definition) is 5. The van der Waals surface area contributed by atoms with Crippen molar-refractivity contribution in [1.82, 2.24) is 0 Å². The normalized spacial score (nSPS) is 16.1. The van der Waals surface area contributed by atoms with Crippen molar-refractivity contribution >= 4 is 34.7 Å². The van der Waals surface area contributed by atoms with E-state index in [4.69, 9.17) is 4.74 Å². The number of benzene rings is 4. The number of aliphatic hydroxyl groups excluding tert-OH is 1. The van der Waals surface area contributed by atoms with E-state index >= 15 is 0 Å². The maximum absolute atomic E-state index is 13.4. The van der Waals surface area contributed by atoms with E-state index in [1.54, 1.807) is 42.5 Å². The Morgan fingerprint density at radius 3 is 2.17 bits per heavy atom. The number of aryl methyl sites for hydroxylation is 1. The van der Waals surface area contributed by atoms with E-state index in [0.717, 1.165) is 11.1 Å². The van der Waals surface area contributed by atoms with E-state index in [1.807, 2.05) is 67.6 Å². The first-order valence-electron chi connectivity index (χ1n) is 12.8. The number of aliphatic hydroxyl groups is 1. The Kier molecular flexibility index (Phi) is 7.46. The average molecular weight is 533 g/mol. The molecule has 5 rings (SSSR count). The van der Waals surface area contributed by atoms with Crippen molar-refractivity contribution in [2.75, 3.05) is 10.2 Å². The Bertz CT molecular complexity index is 1600. The summed E-state index contributed by atoms with van der Waals surface area (Å²) in [6, 6.07) is 29.9. The SMILES string of the molecule is CC(=O)Nc1ccc(N2C(=O)C(=O)/C(=C(\O)c3ccc(OCc4ccccc4)c(C)c3)C2c2ccccc2)cc1. The minimum atomic E-state index is -0.845. The summed E-state index contributed by atoms with van der Waals surface area (Å²) in [5.74, 6) is -1.35. The highest BCUT2D eigenvalue weighted by atomic mass is 16.5. The highest BCUT2D eigenvalue weighted by Crippen LogP contribution is 2.42. The quantitative estimate of drug-likeness (QED) is 0.169. The van der Waals surface area contributed by atoms with Gasteiger partial charge in [-0.2, -0.15) is 0 Å². The fourth-order valence-electron chi connectivity index (χ4n) is 4.81. The number of hydrogen-bond donors (Lipinski definition) is 2. The van der Waals surface area contributed by atoms with Gasteiger partial charge in [-0.15, -0.1) is 0 Å². The number of amides is 2. The van der Waals surface area contributed by atoms with Crippen LogP contribution >= 0.6 is 0 Å². The molecule has 200 valence electrons. The van der Waals surface area contributed by atoms with Crippen LogP contribution in [-0.2, 0) is 21.0 Å². The van der Waals surface area contributed by atoms with Gasteiger partial charge in [-0.3, -0.25) is 19.3 Å². The van der Waals surface area contributed by atoms with Gasteiger partial charge in [-0.05, 0) is 66.1 Å². The minimum Gasteiger partial charge on any atom is -0.507 e. The molecular formula is C33H28N2O5. The molecular weight excluding hydrogens is 504 g/mol. The molecule has 7 nitrogen and oxygen atoms in total. The van der Waals surface area contributed by atoms with Gasteiger partial charge in [0, 0.05) is 23.9 Å². The summed E-state index contributed by atoms with van der Waals surface area (Å²) >= 11 is 0. The van der Waals surface area contributed by atoms with Gasteiger partial charge in [-0.1, -0.05) is 60.7 Å². The molecule has 40 heavy (non-hydrogen) atoms. The highest BCUT2D eigenvalue weighted by Gasteiger charge is 2.46. The standard InChI is InChI=1S/C33H28N2O5/c1-21-19-25(13-18-28(21)40-20-23-9-5-3-6-10-23)31(37)29-30(24-11-7-4-8-12-24)35(33(39)32(29)38)27-16-14-26(15-17-27)34-22(2)36/h3-19,30,37H,20H2,1-2H3,(H,34,36)/b31-29-. The number of nitrogens with zero attached hydrogens (tertiary/aromatic N) is 1. The Morgan fingerprint density at radius 1 is 0.900 bits per heavy atom. The molecule has 0 bridgehead atoms. The van der Waals surface area contributed by atoms with Crippen molar-refractivity contribution in [2.45, 2.75) is 26.5 Å². The van der Waals surface area contributed by atoms with E-state index in [0.29, 0.717) is 34.9 Å². The van der Waals surface area contributed by atoms with Gasteiger partial charge >= 0.3 is 0 Å². The summed E-state index contributed by atoms with van der Waals surface area (Å²) < 4.78 is 5.97. The molecule has 4 aromatic carbocycles. The van der Waals surface area contributed by atoms with Gasteiger partial charge in [-0.25, -0.2) is 0 Å². The van der Waals surface area contributed by atoms with Gasteiger partial charge in [0.1, 0.15) is 18.1 Å². The Hall–Kier alpha value is -5.17. The molecule has 0 aromatic heterocycles. The maximum atomic E-state index is 13.4. The summed E-state index contributed by atoms with van der Waals surface area (Å²) in [5.41, 5.74) is 3.91. The van der Waals surface area contributed by atoms with Crippen LogP contribution in [-0.4, -0.2) is 22.7 Å². The largest absolute Gasteiger partial charge is 0.507 e. The second-order valence-electron chi connectivity index (χ2n) is 9.56. The van der Waals surface area contributed by atoms with E-state index < -0.39 is 17.7 Å². The fourth-order valence-corrected chi connectivity index (χ4v) is 4.81. The molecule has 4 aromatic rings. The molecule has 7 heteroatoms. The van der Waals surface area contributed by atoms with Crippen molar-refractivity contribution in [3.8, 4) is 5.75 Å². The summed E-state index contributed by atoms with van der Waals surface area (Å²) in [7, 11) is 0. The molecule has 1 fully saturated rings. The third kappa shape index (κ3) is 5.35. The monoisotopic (exact) mass is 532 g/mol. The van der Waals surface area contributed by atoms with Crippen LogP contribution in [0.5, 0.6) is 5.75 Å². The molecule has 1 atom stereocenters. The zero-order valence-corrected chi connectivity index (χ0v) is 22.1. The van der Waals surface area contributed by atoms with E-state index in [1.165, 1.54) is 11.8 Å². The van der Waals surface area contributed by atoms with Crippen molar-refractivity contribution in [3.63, 3.8) is 0 Å². The lowest BCUT2D eigenvalue weighted by Crippen LogP contribution is -2.29. The first-order chi connectivity index (χ1) is 19.3. The second-order valence-corrected chi connectivity index (χ2v) is 9.56. The number of Topliss-reactive ketones (excluding diaryl/α,β-unsaturated/α-hetero) is 1. The van der Waals surface area contributed by atoms with Crippen molar-refractivity contribution in [2.24, 2.45) is 0 Å². The van der Waals surface area contributed by atoms with Crippen LogP contribution in [0.1, 0.15) is 35.2 Å². The van der Waals surface area contributed by atoms with Gasteiger partial charge in [0.25, 0.3) is 11.7 Å². The molecule has 0 aliphatic carbocycles. The molecule has 0 spiro atoms. The lowest BCUT2D eigenvalue weighted by molar-refractivity contribution is -0.132. The van der Waals surface area contributed by atoms with Crippen LogP contribution in [0.25, 0.3) is 5.76 Å². The summed E-state index contributed by atoms with van der Waals surface area (Å²) in [6.07, 6.45) is 0. The lowest BCUT2D eigenvalue weighted by Gasteiger charge is -2.25. The molecule has 2 N–H and O–H groups in total. The minimum absolute atomic E-state index is 0.000471. The first kappa shape index (κ1) is 26.4. The third-order valence-electron chi connectivity index (χ3n) is 6.71. The Balaban J connectivity index is 1.52. The van der Waals surface area contributed by atoms with Crippen LogP contribution < -0.4 is 15.0 Å². The molecule has 1 unspecified atom stereocenters. The topological polar surface area (TPSA) is 95.9 Å². The summed E-state index contributed by atoms with van der Waals surface area (Å²) in [4.78, 5) is 39.6. The number of rotatable bonds is 7. The van der Waals surface area contributed by atoms with E-state index in [2.05, 4.69) is 5.32 Å². The molecule has 1 aliphatic heterocycles. The molecule has 1 saturated heterocycles. The lowest BCUT2D eigenvalue weighted by atomic mass is 9.94. The molecule has 2 amide bonds. The van der Waals surface area contributed by atoms with Gasteiger partial charge in [0.05, 0.1) is 11.6 Å². The zero-order valence-electron chi connectivity index (χ0n) is 22.1. The summed E-state index contributed by atoms with van der Waals surface area (Å²) in [5, 5.41) is 14.2. The smallest absolute Gasteiger partial charge is 0.300 e. The number of anilines is 2. The fraction of sp³-hybridized carbons (Fsp3) is 0.121. The van der Waals surface area contributed by atoms with Crippen LogP contribution in [0.15, 0.2) is 109 Å². The Morgan fingerprint density at radius 2 is 1.55 bits per heavy atom. The highest BCUT2D eigenvalue weighted by molar-refractivity contribution is 6.51. The van der Waals surface area contributed by atoms with Gasteiger partial charge in [0.15, 0.2) is 0 Å². The predicted octanol–water partition coefficient (Wildman–Crippen LogP) is 6.16. The Labute approximate surface area is 232 Å². The number of carbonyl (C=O) groups excluding carboxylic acids is 3. The van der Waals surface area contributed by atoms with Gasteiger partial charge in [0.2, 0.25) is 5.91 Å². The molecule has 1 aliphatic rings. The van der Waals surface area contributed by atoms with Crippen LogP contribution in [0, 0.1) is 6.92 Å². The van der Waals surface area contributed by atoms with E-state index in [9.17, 15) is 19.5 Å². The second kappa shape index (κ2) is 11.3. The van der Waals surface area contributed by atoms with Crippen LogP contribution in [0.3, 0.4) is 0 Å². The zero-order chi connectivity index (χ0) is 28.2. The van der Waals surface area contributed by atoms with Crippen molar-refractivity contribution in [1.29, 1.82) is 0 Å². The number of ether oxygens (including phenoxy) is 1. The summed E-state index contributed by atoms with van der Waals surface area (Å²) in [6.45, 7) is 3.67. The molecule has 0 saturated carbocycles. The number of nitrogens with one attached hydrogen (secondary N) is 1. The first-order valence-corrected chi connectivity index (χ1v) is 12.8. The molecule has 0 radical (unpaired) electrons. The van der Waals surface area contributed by atoms with Crippen molar-refractivity contribution < 1.29 is 24.2 Å². The molecule has 1 heterocycles. The average Bonchev–Trinajstić information content (AvgIpc) is 3.23. The number of carbonyl (C=O) groups is 3. The van der Waals surface area contributed by atoms with Crippen LogP contribution in [0.4, 0.5) is 11.4 Å². The van der Waals surface area contributed by atoms with Crippen LogP contribution in [0.2, 0.25) is 0 Å². The number of ketones is 1. The van der Waals surface area contributed by atoms with Crippen molar-refractivity contribution in [3.05, 3.63) is 131 Å². The van der Waals surface area contributed by atoms with E-state index in [-0.39, 0.29) is 17.2 Å². The van der Waals surface area contributed by atoms with Gasteiger partial charge < -0.3 is 15.2 Å².